The first-order valence-corrected chi connectivity index (χ1v) is 11.4. The van der Waals surface area contributed by atoms with Crippen molar-refractivity contribution in [3.8, 4) is 11.5 Å². The Morgan fingerprint density at radius 3 is 2.31 bits per heavy atom. The monoisotopic (exact) mass is 450 g/mol. The van der Waals surface area contributed by atoms with Crippen LogP contribution in [0.4, 0.5) is 8.78 Å². The lowest BCUT2D eigenvalue weighted by molar-refractivity contribution is -0.146. The molecule has 0 radical (unpaired) electrons. The van der Waals surface area contributed by atoms with Crippen molar-refractivity contribution in [1.29, 1.82) is 0 Å². The minimum atomic E-state index is -2.96. The Morgan fingerprint density at radius 1 is 1.12 bits per heavy atom. The summed E-state index contributed by atoms with van der Waals surface area (Å²) < 4.78 is 34.8. The third-order valence-corrected chi connectivity index (χ3v) is 7.43. The van der Waals surface area contributed by atoms with Crippen LogP contribution in [0.5, 0.6) is 11.5 Å². The molecule has 4 bridgehead atoms. The minimum absolute atomic E-state index is 0.0660. The van der Waals surface area contributed by atoms with E-state index in [1.165, 1.54) is 43.4 Å². The molecule has 0 atom stereocenters. The Bertz CT molecular complexity index is 825. The fraction of sp³-hybridized carbons (Fsp3) is 0.667. The lowest BCUT2D eigenvalue weighted by Gasteiger charge is -2.55. The number of carbonyl (C=O) groups is 2. The van der Waals surface area contributed by atoms with Gasteiger partial charge in [-0.2, -0.15) is 8.78 Å². The van der Waals surface area contributed by atoms with Gasteiger partial charge >= 0.3 is 6.61 Å². The third kappa shape index (κ3) is 4.84. The zero-order valence-corrected chi connectivity index (χ0v) is 18.7. The van der Waals surface area contributed by atoms with E-state index in [-0.39, 0.29) is 41.7 Å². The van der Waals surface area contributed by atoms with Gasteiger partial charge in [-0.1, -0.05) is 6.07 Å². The van der Waals surface area contributed by atoms with Crippen LogP contribution in [0.1, 0.15) is 50.5 Å². The van der Waals surface area contributed by atoms with E-state index in [2.05, 4.69) is 10.1 Å². The van der Waals surface area contributed by atoms with Gasteiger partial charge < -0.3 is 19.7 Å². The second-order valence-corrected chi connectivity index (χ2v) is 9.82. The average Bonchev–Trinajstić information content (AvgIpc) is 2.72. The van der Waals surface area contributed by atoms with Crippen molar-refractivity contribution in [2.75, 3.05) is 20.7 Å². The van der Waals surface area contributed by atoms with Crippen molar-refractivity contribution in [2.45, 2.75) is 58.1 Å². The Balaban J connectivity index is 1.27. The van der Waals surface area contributed by atoms with Gasteiger partial charge in [-0.25, -0.2) is 0 Å². The zero-order valence-electron chi connectivity index (χ0n) is 18.7. The number of benzene rings is 1. The molecule has 5 rings (SSSR count). The first kappa shape index (κ1) is 22.8. The molecule has 0 spiro atoms. The van der Waals surface area contributed by atoms with E-state index in [9.17, 15) is 18.4 Å². The number of amides is 2. The highest BCUT2D eigenvalue weighted by Gasteiger charge is 2.54. The Kier molecular flexibility index (Phi) is 6.58. The number of methoxy groups -OCH3 is 1. The summed E-state index contributed by atoms with van der Waals surface area (Å²) in [6.07, 6.45) is 7.05. The number of alkyl halides is 2. The van der Waals surface area contributed by atoms with Crippen molar-refractivity contribution >= 4 is 11.8 Å². The first-order valence-electron chi connectivity index (χ1n) is 11.4. The second kappa shape index (κ2) is 9.24. The van der Waals surface area contributed by atoms with Gasteiger partial charge in [-0.15, -0.1) is 0 Å². The quantitative estimate of drug-likeness (QED) is 0.618. The van der Waals surface area contributed by atoms with Gasteiger partial charge in [-0.3, -0.25) is 9.59 Å². The topological polar surface area (TPSA) is 67.9 Å². The molecule has 6 nitrogen and oxygen atoms in total. The molecule has 4 saturated carbocycles. The molecular formula is C24H32F2N2O4. The van der Waals surface area contributed by atoms with Crippen molar-refractivity contribution in [3.05, 3.63) is 23.8 Å². The predicted octanol–water partition coefficient (Wildman–Crippen LogP) is 3.98. The Labute approximate surface area is 187 Å². The Morgan fingerprint density at radius 2 is 1.75 bits per heavy atom. The summed E-state index contributed by atoms with van der Waals surface area (Å²) in [5.74, 6) is 2.23. The molecule has 0 heterocycles. The largest absolute Gasteiger partial charge is 0.493 e. The van der Waals surface area contributed by atoms with Gasteiger partial charge in [-0.05, 0) is 74.0 Å². The van der Waals surface area contributed by atoms with Crippen molar-refractivity contribution in [1.82, 2.24) is 10.2 Å². The van der Waals surface area contributed by atoms with Gasteiger partial charge in [0.05, 0.1) is 7.11 Å². The maximum absolute atomic E-state index is 13.0. The number of carbonyl (C=O) groups excluding carboxylic acids is 2. The van der Waals surface area contributed by atoms with Gasteiger partial charge in [0.15, 0.2) is 11.5 Å². The standard InChI is InChI=1S/C24H32F2N2O4/c1-28(14-15-3-4-19(31-2)20(10-15)32-23(25)26)21(29)5-6-27-22(30)24-11-16-7-17(12-24)9-18(8-16)13-24/h3-4,10,16-18,23H,5-9,11-14H2,1-2H3,(H,27,30). The molecule has 0 aliphatic heterocycles. The van der Waals surface area contributed by atoms with E-state index in [4.69, 9.17) is 4.74 Å². The van der Waals surface area contributed by atoms with Crippen LogP contribution in [0.3, 0.4) is 0 Å². The minimum Gasteiger partial charge on any atom is -0.493 e. The number of hydrogen-bond donors (Lipinski definition) is 1. The van der Waals surface area contributed by atoms with Gasteiger partial charge in [0.2, 0.25) is 11.8 Å². The molecule has 0 saturated heterocycles. The number of rotatable bonds is 9. The maximum Gasteiger partial charge on any atom is 0.387 e. The highest BCUT2D eigenvalue weighted by molar-refractivity contribution is 5.84. The van der Waals surface area contributed by atoms with E-state index in [1.54, 1.807) is 13.1 Å². The van der Waals surface area contributed by atoms with Gasteiger partial charge in [0, 0.05) is 32.0 Å². The third-order valence-electron chi connectivity index (χ3n) is 7.43. The van der Waals surface area contributed by atoms with E-state index in [0.29, 0.717) is 29.9 Å². The fourth-order valence-corrected chi connectivity index (χ4v) is 6.42. The molecule has 1 aromatic carbocycles. The number of ether oxygens (including phenoxy) is 2. The predicted molar refractivity (Wildman–Crippen MR) is 114 cm³/mol. The molecule has 4 aliphatic carbocycles. The molecule has 32 heavy (non-hydrogen) atoms. The van der Waals surface area contributed by atoms with Crippen LogP contribution < -0.4 is 14.8 Å². The lowest BCUT2D eigenvalue weighted by Crippen LogP contribution is -2.53. The summed E-state index contributed by atoms with van der Waals surface area (Å²) in [6.45, 7) is -2.41. The van der Waals surface area contributed by atoms with Crippen LogP contribution in [-0.4, -0.2) is 44.0 Å². The summed E-state index contributed by atoms with van der Waals surface area (Å²) in [4.78, 5) is 27.1. The molecule has 0 unspecified atom stereocenters. The van der Waals surface area contributed by atoms with Crippen LogP contribution in [0, 0.1) is 23.2 Å². The summed E-state index contributed by atoms with van der Waals surface area (Å²) >= 11 is 0. The molecule has 1 aromatic rings. The number of nitrogens with zero attached hydrogens (tertiary/aromatic N) is 1. The zero-order chi connectivity index (χ0) is 22.9. The molecular weight excluding hydrogens is 418 g/mol. The van der Waals surface area contributed by atoms with Gasteiger partial charge in [0.25, 0.3) is 0 Å². The van der Waals surface area contributed by atoms with E-state index < -0.39 is 6.61 Å². The molecule has 8 heteroatoms. The number of halogens is 2. The Hall–Kier alpha value is -2.38. The van der Waals surface area contributed by atoms with Crippen LogP contribution in [-0.2, 0) is 16.1 Å². The van der Waals surface area contributed by atoms with Crippen LogP contribution in [0.15, 0.2) is 18.2 Å². The first-order chi connectivity index (χ1) is 15.3. The molecule has 4 aliphatic rings. The van der Waals surface area contributed by atoms with E-state index >= 15 is 0 Å². The SMILES string of the molecule is COc1ccc(CN(C)C(=O)CCNC(=O)C23CC4CC(CC(C4)C2)C3)cc1OC(F)F. The molecule has 1 N–H and O–H groups in total. The molecule has 0 aromatic heterocycles. The highest BCUT2D eigenvalue weighted by Crippen LogP contribution is 2.60. The summed E-state index contributed by atoms with van der Waals surface area (Å²) in [5, 5.41) is 3.03. The number of hydrogen-bond acceptors (Lipinski definition) is 4. The average molecular weight is 451 g/mol. The summed E-state index contributed by atoms with van der Waals surface area (Å²) in [6, 6.07) is 4.69. The summed E-state index contributed by atoms with van der Waals surface area (Å²) in [5.41, 5.74) is 0.434. The van der Waals surface area contributed by atoms with Crippen LogP contribution in [0.2, 0.25) is 0 Å². The van der Waals surface area contributed by atoms with Crippen LogP contribution >= 0.6 is 0 Å². The number of nitrogens with one attached hydrogen (secondary N) is 1. The summed E-state index contributed by atoms with van der Waals surface area (Å²) in [7, 11) is 3.03. The van der Waals surface area contributed by atoms with E-state index in [0.717, 1.165) is 19.3 Å². The van der Waals surface area contributed by atoms with Crippen molar-refractivity contribution < 1.29 is 27.8 Å². The second-order valence-electron chi connectivity index (χ2n) is 9.82. The maximum atomic E-state index is 13.0. The smallest absolute Gasteiger partial charge is 0.387 e. The van der Waals surface area contributed by atoms with Crippen LogP contribution in [0.25, 0.3) is 0 Å². The van der Waals surface area contributed by atoms with Gasteiger partial charge in [0.1, 0.15) is 0 Å². The molecule has 4 fully saturated rings. The van der Waals surface area contributed by atoms with Crippen molar-refractivity contribution in [3.63, 3.8) is 0 Å². The highest BCUT2D eigenvalue weighted by atomic mass is 19.3. The normalized spacial score (nSPS) is 28.0. The molecule has 176 valence electrons. The van der Waals surface area contributed by atoms with E-state index in [1.807, 2.05) is 0 Å². The fourth-order valence-electron chi connectivity index (χ4n) is 6.42. The lowest BCUT2D eigenvalue weighted by atomic mass is 9.49. The molecule has 2 amide bonds. The van der Waals surface area contributed by atoms with Crippen molar-refractivity contribution in [2.24, 2.45) is 23.2 Å².